The molecule has 3 aromatic carbocycles. The summed E-state index contributed by atoms with van der Waals surface area (Å²) in [6, 6.07) is 18.7. The Labute approximate surface area is 195 Å². The van der Waals surface area contributed by atoms with Gasteiger partial charge in [-0.15, -0.1) is 0 Å². The van der Waals surface area contributed by atoms with Crippen molar-refractivity contribution in [2.75, 3.05) is 6.61 Å². The standard InChI is InChI=1S/C14H22O2.2C6H6O2.H2O/c1-3-5-7-12(4-2)11-16-14-9-6-8-13(15)10-14;2*7-5-2-1-3-6(8)4-5;/h6,8-10,12,15H,3-5,7,11H2,1-2H3;2*1-4,7-8H;1H2. The van der Waals surface area contributed by atoms with Gasteiger partial charge < -0.3 is 35.7 Å². The van der Waals surface area contributed by atoms with Gasteiger partial charge in [0.15, 0.2) is 0 Å². The third-order valence-corrected chi connectivity index (χ3v) is 4.51. The van der Waals surface area contributed by atoms with Crippen molar-refractivity contribution in [1.82, 2.24) is 0 Å². The molecule has 0 heterocycles. The fourth-order valence-electron chi connectivity index (χ4n) is 2.67. The second-order valence-electron chi connectivity index (χ2n) is 7.26. The van der Waals surface area contributed by atoms with E-state index in [4.69, 9.17) is 25.2 Å². The normalized spacial score (nSPS) is 10.4. The number of benzene rings is 3. The molecule has 0 spiro atoms. The van der Waals surface area contributed by atoms with Crippen LogP contribution in [0.3, 0.4) is 0 Å². The van der Waals surface area contributed by atoms with Crippen LogP contribution in [-0.2, 0) is 0 Å². The molecule has 7 heteroatoms. The van der Waals surface area contributed by atoms with Crippen LogP contribution in [0.1, 0.15) is 39.5 Å². The van der Waals surface area contributed by atoms with Gasteiger partial charge in [-0.25, -0.2) is 0 Å². The maximum absolute atomic E-state index is 9.30. The second-order valence-corrected chi connectivity index (χ2v) is 7.26. The summed E-state index contributed by atoms with van der Waals surface area (Å²) in [7, 11) is 0. The first-order valence-corrected chi connectivity index (χ1v) is 10.7. The van der Waals surface area contributed by atoms with Crippen molar-refractivity contribution in [2.45, 2.75) is 39.5 Å². The van der Waals surface area contributed by atoms with E-state index in [1.54, 1.807) is 30.3 Å². The van der Waals surface area contributed by atoms with Gasteiger partial charge in [-0.1, -0.05) is 51.3 Å². The molecule has 3 aromatic rings. The summed E-state index contributed by atoms with van der Waals surface area (Å²) in [5.41, 5.74) is 0. The number of phenols is 5. The second kappa shape index (κ2) is 17.0. The molecule has 0 fully saturated rings. The maximum Gasteiger partial charge on any atom is 0.122 e. The van der Waals surface area contributed by atoms with E-state index in [1.165, 1.54) is 55.7 Å². The van der Waals surface area contributed by atoms with Gasteiger partial charge in [-0.05, 0) is 48.7 Å². The Hall–Kier alpha value is -3.58. The number of unbranched alkanes of at least 4 members (excludes halogenated alkanes) is 1. The van der Waals surface area contributed by atoms with E-state index in [9.17, 15) is 5.11 Å². The maximum atomic E-state index is 9.30. The summed E-state index contributed by atoms with van der Waals surface area (Å²) in [5, 5.41) is 43.9. The van der Waals surface area contributed by atoms with Crippen LogP contribution in [0.15, 0.2) is 72.8 Å². The SMILES string of the molecule is CCCCC(CC)COc1cccc(O)c1.O.Oc1cccc(O)c1.Oc1cccc(O)c1. The molecule has 1 unspecified atom stereocenters. The fraction of sp³-hybridized carbons (Fsp3) is 0.308. The van der Waals surface area contributed by atoms with Gasteiger partial charge >= 0.3 is 0 Å². The largest absolute Gasteiger partial charge is 0.508 e. The van der Waals surface area contributed by atoms with E-state index in [0.717, 1.165) is 18.8 Å². The number of aromatic hydroxyl groups is 5. The highest BCUT2D eigenvalue weighted by atomic mass is 16.5. The molecule has 3 rings (SSSR count). The molecule has 0 aliphatic carbocycles. The molecular weight excluding hydrogens is 424 g/mol. The first-order valence-electron chi connectivity index (χ1n) is 10.7. The number of rotatable bonds is 7. The molecule has 0 saturated carbocycles. The lowest BCUT2D eigenvalue weighted by Gasteiger charge is -2.15. The Morgan fingerprint density at radius 3 is 1.42 bits per heavy atom. The van der Waals surface area contributed by atoms with Gasteiger partial charge in [-0.3, -0.25) is 0 Å². The lowest BCUT2D eigenvalue weighted by Crippen LogP contribution is -2.11. The Bertz CT molecular complexity index is 821. The predicted molar refractivity (Wildman–Crippen MR) is 130 cm³/mol. The van der Waals surface area contributed by atoms with E-state index in [2.05, 4.69) is 13.8 Å². The Morgan fingerprint density at radius 1 is 0.667 bits per heavy atom. The molecule has 1 atom stereocenters. The lowest BCUT2D eigenvalue weighted by atomic mass is 10.0. The zero-order valence-corrected chi connectivity index (χ0v) is 19.2. The number of hydrogen-bond acceptors (Lipinski definition) is 6. The van der Waals surface area contributed by atoms with Crippen molar-refractivity contribution in [2.24, 2.45) is 5.92 Å². The van der Waals surface area contributed by atoms with Gasteiger partial charge in [0.2, 0.25) is 0 Å². The molecule has 0 aliphatic heterocycles. The highest BCUT2D eigenvalue weighted by Gasteiger charge is 2.06. The van der Waals surface area contributed by atoms with Crippen molar-refractivity contribution in [1.29, 1.82) is 0 Å². The van der Waals surface area contributed by atoms with Crippen molar-refractivity contribution >= 4 is 0 Å². The lowest BCUT2D eigenvalue weighted by molar-refractivity contribution is 0.232. The zero-order chi connectivity index (χ0) is 23.8. The zero-order valence-electron chi connectivity index (χ0n) is 19.2. The van der Waals surface area contributed by atoms with Crippen molar-refractivity contribution in [3.8, 4) is 34.5 Å². The van der Waals surface area contributed by atoms with E-state index >= 15 is 0 Å². The summed E-state index contributed by atoms with van der Waals surface area (Å²) in [6.45, 7) is 5.16. The highest BCUT2D eigenvalue weighted by Crippen LogP contribution is 2.20. The van der Waals surface area contributed by atoms with Crippen LogP contribution in [0.25, 0.3) is 0 Å². The smallest absolute Gasteiger partial charge is 0.122 e. The summed E-state index contributed by atoms with van der Waals surface area (Å²) < 4.78 is 5.68. The van der Waals surface area contributed by atoms with Gasteiger partial charge in [0.05, 0.1) is 6.61 Å². The Kier molecular flexibility index (Phi) is 15.2. The fourth-order valence-corrected chi connectivity index (χ4v) is 2.67. The summed E-state index contributed by atoms with van der Waals surface area (Å²) >= 11 is 0. The first kappa shape index (κ1) is 29.4. The Balaban J connectivity index is 0.000000506. The number of ether oxygens (including phenoxy) is 1. The molecule has 0 saturated heterocycles. The van der Waals surface area contributed by atoms with Crippen molar-refractivity contribution in [3.05, 3.63) is 72.8 Å². The van der Waals surface area contributed by atoms with Gasteiger partial charge in [0, 0.05) is 18.2 Å². The molecule has 7 N–H and O–H groups in total. The molecule has 0 aliphatic rings. The minimum absolute atomic E-state index is 0. The van der Waals surface area contributed by atoms with E-state index in [1.807, 2.05) is 6.07 Å². The molecule has 0 bridgehead atoms. The van der Waals surface area contributed by atoms with Crippen molar-refractivity contribution < 1.29 is 35.7 Å². The molecule has 0 amide bonds. The summed E-state index contributed by atoms with van der Waals surface area (Å²) in [6.07, 6.45) is 4.88. The molecule has 0 aromatic heterocycles. The minimum Gasteiger partial charge on any atom is -0.508 e. The van der Waals surface area contributed by atoms with Crippen LogP contribution in [-0.4, -0.2) is 37.6 Å². The third-order valence-electron chi connectivity index (χ3n) is 4.51. The van der Waals surface area contributed by atoms with Crippen LogP contribution >= 0.6 is 0 Å². The average molecular weight is 461 g/mol. The average Bonchev–Trinajstić information content (AvgIpc) is 2.74. The third kappa shape index (κ3) is 14.2. The molecule has 33 heavy (non-hydrogen) atoms. The van der Waals surface area contributed by atoms with Crippen LogP contribution in [0.2, 0.25) is 0 Å². The van der Waals surface area contributed by atoms with Gasteiger partial charge in [-0.2, -0.15) is 0 Å². The van der Waals surface area contributed by atoms with Crippen LogP contribution in [0.5, 0.6) is 34.5 Å². The van der Waals surface area contributed by atoms with Crippen LogP contribution in [0, 0.1) is 5.92 Å². The molecular formula is C26H36O7. The van der Waals surface area contributed by atoms with Gasteiger partial charge in [0.25, 0.3) is 0 Å². The molecule has 0 radical (unpaired) electrons. The van der Waals surface area contributed by atoms with E-state index in [-0.39, 0.29) is 34.2 Å². The predicted octanol–water partition coefficient (Wildman–Crippen LogP) is 5.36. The summed E-state index contributed by atoms with van der Waals surface area (Å²) in [4.78, 5) is 0. The number of hydrogen-bond donors (Lipinski definition) is 5. The van der Waals surface area contributed by atoms with Crippen LogP contribution < -0.4 is 4.74 Å². The monoisotopic (exact) mass is 460 g/mol. The Morgan fingerprint density at radius 2 is 1.09 bits per heavy atom. The summed E-state index contributed by atoms with van der Waals surface area (Å²) in [5.74, 6) is 2.00. The molecule has 182 valence electrons. The number of phenolic OH excluding ortho intramolecular Hbond substituents is 5. The quantitative estimate of drug-likeness (QED) is 0.321. The van der Waals surface area contributed by atoms with E-state index in [0.29, 0.717) is 5.92 Å². The molecule has 7 nitrogen and oxygen atoms in total. The van der Waals surface area contributed by atoms with Crippen molar-refractivity contribution in [3.63, 3.8) is 0 Å². The first-order chi connectivity index (χ1) is 15.3. The van der Waals surface area contributed by atoms with E-state index < -0.39 is 0 Å². The topological polar surface area (TPSA) is 142 Å². The minimum atomic E-state index is 0. The van der Waals surface area contributed by atoms with Gasteiger partial charge in [0.1, 0.15) is 34.5 Å². The van der Waals surface area contributed by atoms with Crippen LogP contribution in [0.4, 0.5) is 0 Å². The highest BCUT2D eigenvalue weighted by molar-refractivity contribution is 5.32.